The molecule has 0 saturated heterocycles. The van der Waals surface area contributed by atoms with Crippen molar-refractivity contribution in [3.05, 3.63) is 66.0 Å². The molecule has 0 aliphatic carbocycles. The average molecular weight is 520 g/mol. The fourth-order valence-electron chi connectivity index (χ4n) is 3.22. The predicted molar refractivity (Wildman–Crippen MR) is 120 cm³/mol. The second-order valence-corrected chi connectivity index (χ2v) is 7.81. The van der Waals surface area contributed by atoms with Gasteiger partial charge in [0.2, 0.25) is 5.91 Å². The van der Waals surface area contributed by atoms with Gasteiger partial charge in [0, 0.05) is 44.8 Å². The average Bonchev–Trinajstić information content (AvgIpc) is 3.19. The number of halogens is 6. The van der Waals surface area contributed by atoms with E-state index in [-0.39, 0.29) is 32.3 Å². The molecule has 0 unspecified atom stereocenters. The van der Waals surface area contributed by atoms with Crippen molar-refractivity contribution < 1.29 is 40.7 Å². The molecule has 7 nitrogen and oxygen atoms in total. The van der Waals surface area contributed by atoms with Crippen molar-refractivity contribution in [2.24, 2.45) is 7.05 Å². The number of nitrogens with zero attached hydrogens (tertiary/aromatic N) is 3. The van der Waals surface area contributed by atoms with Gasteiger partial charge < -0.3 is 24.4 Å². The van der Waals surface area contributed by atoms with Crippen LogP contribution in [0.15, 0.2) is 49.2 Å². The Morgan fingerprint density at radius 1 is 1.08 bits per heavy atom. The molecule has 0 bridgehead atoms. The molecule has 0 saturated carbocycles. The number of methoxy groups -OCH3 is 1. The summed E-state index contributed by atoms with van der Waals surface area (Å²) in [7, 11) is 3.24. The van der Waals surface area contributed by atoms with E-state index in [2.05, 4.69) is 6.58 Å². The second kappa shape index (κ2) is 12.0. The van der Waals surface area contributed by atoms with E-state index in [0.29, 0.717) is 12.1 Å². The molecule has 13 heteroatoms. The number of alkyl halides is 6. The number of carbonyl (C=O) groups is 2. The Kier molecular flexibility index (Phi) is 9.56. The van der Waals surface area contributed by atoms with Crippen LogP contribution in [0.25, 0.3) is 0 Å². The van der Waals surface area contributed by atoms with Crippen molar-refractivity contribution in [2.75, 3.05) is 38.7 Å². The van der Waals surface area contributed by atoms with E-state index in [9.17, 15) is 35.9 Å². The fourth-order valence-corrected chi connectivity index (χ4v) is 3.22. The highest BCUT2D eigenvalue weighted by Crippen LogP contribution is 2.37. The molecule has 1 aromatic carbocycles. The van der Waals surface area contributed by atoms with Crippen molar-refractivity contribution >= 4 is 17.6 Å². The lowest BCUT2D eigenvalue weighted by Crippen LogP contribution is -2.45. The van der Waals surface area contributed by atoms with Gasteiger partial charge >= 0.3 is 18.4 Å². The van der Waals surface area contributed by atoms with Gasteiger partial charge in [-0.05, 0) is 30.3 Å². The van der Waals surface area contributed by atoms with Crippen LogP contribution in [-0.2, 0) is 35.5 Å². The zero-order chi connectivity index (χ0) is 27.1. The predicted octanol–water partition coefficient (Wildman–Crippen LogP) is 4.76. The fraction of sp³-hybridized carbons (Fsp3) is 0.391. The second-order valence-electron chi connectivity index (χ2n) is 7.81. The maximum atomic E-state index is 13.1. The molecule has 0 spiro atoms. The van der Waals surface area contributed by atoms with Crippen LogP contribution in [0.4, 0.5) is 36.8 Å². The van der Waals surface area contributed by atoms with Crippen molar-refractivity contribution in [1.82, 2.24) is 14.4 Å². The molecule has 36 heavy (non-hydrogen) atoms. The van der Waals surface area contributed by atoms with Gasteiger partial charge in [0.15, 0.2) is 0 Å². The first-order valence-electron chi connectivity index (χ1n) is 10.6. The minimum absolute atomic E-state index is 0.0437. The lowest BCUT2D eigenvalue weighted by molar-refractivity contribution is -0.143. The number of nitrogens with one attached hydrogen (secondary N) is 1. The first kappa shape index (κ1) is 28.8. The summed E-state index contributed by atoms with van der Waals surface area (Å²) in [6.07, 6.45) is -7.08. The molecule has 0 aliphatic heterocycles. The van der Waals surface area contributed by atoms with E-state index in [1.165, 1.54) is 18.1 Å². The lowest BCUT2D eigenvalue weighted by Gasteiger charge is -2.27. The summed E-state index contributed by atoms with van der Waals surface area (Å²) in [5.74, 6) is -0.509. The Morgan fingerprint density at radius 2 is 1.69 bits per heavy atom. The van der Waals surface area contributed by atoms with Crippen molar-refractivity contribution in [2.45, 2.75) is 18.9 Å². The third kappa shape index (κ3) is 8.04. The molecule has 2 aromatic rings. The number of amides is 3. The van der Waals surface area contributed by atoms with Gasteiger partial charge in [0.25, 0.3) is 0 Å². The molecule has 1 N–H and O–H groups in total. The largest absolute Gasteiger partial charge is 0.416 e. The number of hydrogen-bond donors (Lipinski definition) is 1. The molecule has 2 rings (SSSR count). The number of urea groups is 1. The Morgan fingerprint density at radius 3 is 2.17 bits per heavy atom. The maximum absolute atomic E-state index is 13.1. The number of aryl methyl sites for hydroxylation is 1. The van der Waals surface area contributed by atoms with E-state index in [1.54, 1.807) is 29.9 Å². The van der Waals surface area contributed by atoms with Gasteiger partial charge in [-0.2, -0.15) is 26.3 Å². The van der Waals surface area contributed by atoms with Crippen molar-refractivity contribution in [1.29, 1.82) is 0 Å². The third-order valence-corrected chi connectivity index (χ3v) is 5.12. The van der Waals surface area contributed by atoms with Crippen molar-refractivity contribution in [3.8, 4) is 0 Å². The molecule has 0 radical (unpaired) electrons. The summed E-state index contributed by atoms with van der Waals surface area (Å²) in [5.41, 5.74) is -3.08. The van der Waals surface area contributed by atoms with Gasteiger partial charge in [0.1, 0.15) is 6.54 Å². The number of ether oxygens (including phenoxy) is 1. The van der Waals surface area contributed by atoms with Crippen LogP contribution in [0.2, 0.25) is 0 Å². The highest BCUT2D eigenvalue weighted by atomic mass is 19.4. The van der Waals surface area contributed by atoms with E-state index < -0.39 is 47.6 Å². The van der Waals surface area contributed by atoms with Crippen LogP contribution in [0, 0.1) is 0 Å². The SMILES string of the molecule is C=CCN(CC(=O)N(CCOC)Cc1cccn1C)C(=O)Nc1cc(C(F)(F)F)cc(C(F)(F)F)c1. The molecular weight excluding hydrogens is 494 g/mol. The van der Waals surface area contributed by atoms with Gasteiger partial charge in [-0.1, -0.05) is 6.08 Å². The van der Waals surface area contributed by atoms with Gasteiger partial charge in [-0.25, -0.2) is 4.79 Å². The molecule has 3 amide bonds. The Labute approximate surface area is 203 Å². The summed E-state index contributed by atoms with van der Waals surface area (Å²) >= 11 is 0. The van der Waals surface area contributed by atoms with E-state index in [4.69, 9.17) is 4.74 Å². The van der Waals surface area contributed by atoms with Crippen LogP contribution in [0.1, 0.15) is 16.8 Å². The van der Waals surface area contributed by atoms with Crippen molar-refractivity contribution in [3.63, 3.8) is 0 Å². The van der Waals surface area contributed by atoms with Crippen LogP contribution < -0.4 is 5.32 Å². The number of benzene rings is 1. The number of rotatable bonds is 10. The van der Waals surface area contributed by atoms with Crippen LogP contribution >= 0.6 is 0 Å². The maximum Gasteiger partial charge on any atom is 0.416 e. The first-order valence-corrected chi connectivity index (χ1v) is 10.6. The summed E-state index contributed by atoms with van der Waals surface area (Å²) in [5, 5.41) is 2.03. The number of anilines is 1. The van der Waals surface area contributed by atoms with Gasteiger partial charge in [0.05, 0.1) is 24.3 Å². The quantitative estimate of drug-likeness (QED) is 0.363. The minimum Gasteiger partial charge on any atom is -0.383 e. The smallest absolute Gasteiger partial charge is 0.383 e. The normalized spacial score (nSPS) is 11.8. The van der Waals surface area contributed by atoms with Crippen LogP contribution in [0.3, 0.4) is 0 Å². The van der Waals surface area contributed by atoms with E-state index in [1.807, 2.05) is 5.32 Å². The molecule has 0 atom stereocenters. The Hall–Kier alpha value is -3.48. The van der Waals surface area contributed by atoms with Gasteiger partial charge in [-0.3, -0.25) is 4.79 Å². The Balaban J connectivity index is 2.25. The van der Waals surface area contributed by atoms with E-state index >= 15 is 0 Å². The molecular formula is C23H26F6N4O3. The summed E-state index contributed by atoms with van der Waals surface area (Å²) < 4.78 is 85.6. The third-order valence-electron chi connectivity index (χ3n) is 5.12. The summed E-state index contributed by atoms with van der Waals surface area (Å²) in [6.45, 7) is 3.38. The standard InChI is InChI=1S/C23H26F6N4O3/c1-4-7-33(15-20(34)32(9-10-36-3)14-19-6-5-8-31(19)2)21(35)30-18-12-16(22(24,25)26)11-17(13-18)23(27,28)29/h4-6,8,11-13H,1,7,9-10,14-15H2,2-3H3,(H,30,35). The van der Waals surface area contributed by atoms with Crippen LogP contribution in [-0.4, -0.2) is 59.7 Å². The minimum atomic E-state index is -5.07. The Bertz CT molecular complexity index is 1030. The highest BCUT2D eigenvalue weighted by molar-refractivity contribution is 5.92. The zero-order valence-electron chi connectivity index (χ0n) is 19.6. The number of hydrogen-bond acceptors (Lipinski definition) is 3. The lowest BCUT2D eigenvalue weighted by atomic mass is 10.1. The molecule has 1 heterocycles. The summed E-state index contributed by atoms with van der Waals surface area (Å²) in [6, 6.07) is 3.25. The number of carbonyl (C=O) groups excluding carboxylic acids is 2. The van der Waals surface area contributed by atoms with Gasteiger partial charge in [-0.15, -0.1) is 6.58 Å². The van der Waals surface area contributed by atoms with E-state index in [0.717, 1.165) is 10.6 Å². The first-order chi connectivity index (χ1) is 16.8. The topological polar surface area (TPSA) is 66.8 Å². The highest BCUT2D eigenvalue weighted by Gasteiger charge is 2.37. The van der Waals surface area contributed by atoms with Crippen LogP contribution in [0.5, 0.6) is 0 Å². The molecule has 1 aromatic heterocycles. The summed E-state index contributed by atoms with van der Waals surface area (Å²) in [4.78, 5) is 28.1. The number of aromatic nitrogens is 1. The monoisotopic (exact) mass is 520 g/mol. The molecule has 198 valence electrons. The zero-order valence-corrected chi connectivity index (χ0v) is 19.6. The molecule has 0 fully saturated rings. The molecule has 0 aliphatic rings.